The molecule has 0 saturated heterocycles. The molecular weight excluding hydrogens is 524 g/mol. The summed E-state index contributed by atoms with van der Waals surface area (Å²) in [6, 6.07) is -4.30. The second-order valence-corrected chi connectivity index (χ2v) is 10.1. The van der Waals surface area contributed by atoms with Gasteiger partial charge in [0.2, 0.25) is 23.6 Å². The molecule has 0 aromatic heterocycles. The normalized spacial score (nSPS) is 13.9. The van der Waals surface area contributed by atoms with Gasteiger partial charge in [0.05, 0.1) is 6.04 Å². The van der Waals surface area contributed by atoms with E-state index in [4.69, 9.17) is 22.9 Å². The van der Waals surface area contributed by atoms with E-state index in [2.05, 4.69) is 20.9 Å². The van der Waals surface area contributed by atoms with Gasteiger partial charge in [0.1, 0.15) is 18.1 Å². The van der Waals surface area contributed by atoms with Crippen molar-refractivity contribution in [1.29, 1.82) is 0 Å². The van der Waals surface area contributed by atoms with E-state index < -0.39 is 53.8 Å². The zero-order valence-corrected chi connectivity index (χ0v) is 22.9. The standard InChI is InChI=1S/C21H40N8O6S2/c1-36-10-7-14(19(33)29-15(20(34)35)8-11-37-2)28-18(32)13(4-3-9-26-21(24)25)27-17(31)12(22)5-6-16(23)30/h12-15H,3-11,22H2,1-2H3,(H2,23,30)(H,27,31)(H,28,32)(H,29,33)(H,34,35)(H4,24,25,26). The largest absolute Gasteiger partial charge is 0.480 e. The number of thioether (sulfide) groups is 2. The van der Waals surface area contributed by atoms with Crippen molar-refractivity contribution in [1.82, 2.24) is 16.0 Å². The Hall–Kier alpha value is -2.72. The Morgan fingerprint density at radius 3 is 1.76 bits per heavy atom. The summed E-state index contributed by atoms with van der Waals surface area (Å²) in [5.74, 6) is -2.84. The summed E-state index contributed by atoms with van der Waals surface area (Å²) in [6.45, 7) is 0.196. The number of nitrogens with zero attached hydrogens (tertiary/aromatic N) is 1. The van der Waals surface area contributed by atoms with E-state index in [-0.39, 0.29) is 44.6 Å². The van der Waals surface area contributed by atoms with Crippen molar-refractivity contribution >= 4 is 59.1 Å². The van der Waals surface area contributed by atoms with E-state index in [0.717, 1.165) is 0 Å². The lowest BCUT2D eigenvalue weighted by Crippen LogP contribution is -2.57. The van der Waals surface area contributed by atoms with Crippen molar-refractivity contribution in [2.45, 2.75) is 62.7 Å². The number of aliphatic imine (C=N–C) groups is 1. The molecule has 212 valence electrons. The molecule has 0 fully saturated rings. The first-order chi connectivity index (χ1) is 17.4. The maximum absolute atomic E-state index is 13.1. The molecule has 0 rings (SSSR count). The summed E-state index contributed by atoms with van der Waals surface area (Å²) >= 11 is 2.90. The quantitative estimate of drug-likeness (QED) is 0.0442. The molecule has 0 heterocycles. The number of nitrogens with two attached hydrogens (primary N) is 4. The summed E-state index contributed by atoms with van der Waals surface area (Å²) in [7, 11) is 0. The molecule has 4 unspecified atom stereocenters. The maximum Gasteiger partial charge on any atom is 0.326 e. The first-order valence-corrected chi connectivity index (χ1v) is 14.4. The SMILES string of the molecule is CSCCC(NC(=O)C(CCSC)NC(=O)C(CCCN=C(N)N)NC(=O)C(N)CCC(N)=O)C(=O)O. The zero-order chi connectivity index (χ0) is 28.4. The molecule has 0 aliphatic heterocycles. The predicted octanol–water partition coefficient (Wildman–Crippen LogP) is -2.32. The molecule has 0 aliphatic carbocycles. The topological polar surface area (TPSA) is 258 Å². The lowest BCUT2D eigenvalue weighted by atomic mass is 10.1. The van der Waals surface area contributed by atoms with Gasteiger partial charge in [-0.1, -0.05) is 0 Å². The van der Waals surface area contributed by atoms with Gasteiger partial charge in [-0.05, 0) is 56.1 Å². The third-order valence-corrected chi connectivity index (χ3v) is 6.37. The molecule has 0 bridgehead atoms. The fourth-order valence-electron chi connectivity index (χ4n) is 3.02. The highest BCUT2D eigenvalue weighted by Gasteiger charge is 2.30. The Bertz CT molecular complexity index is 797. The summed E-state index contributed by atoms with van der Waals surface area (Å²) in [5.41, 5.74) is 21.6. The second-order valence-electron chi connectivity index (χ2n) is 8.15. The van der Waals surface area contributed by atoms with Gasteiger partial charge in [-0.15, -0.1) is 0 Å². The zero-order valence-electron chi connectivity index (χ0n) is 21.2. The van der Waals surface area contributed by atoms with Crippen LogP contribution in [0.15, 0.2) is 4.99 Å². The van der Waals surface area contributed by atoms with Crippen LogP contribution >= 0.6 is 23.5 Å². The van der Waals surface area contributed by atoms with E-state index in [0.29, 0.717) is 17.9 Å². The number of amides is 4. The number of primary amides is 1. The number of nitrogens with one attached hydrogen (secondary N) is 3. The Balaban J connectivity index is 5.54. The molecular formula is C21H40N8O6S2. The van der Waals surface area contributed by atoms with Gasteiger partial charge in [-0.2, -0.15) is 23.5 Å². The summed E-state index contributed by atoms with van der Waals surface area (Å²) in [5, 5.41) is 17.1. The van der Waals surface area contributed by atoms with Crippen LogP contribution in [0.5, 0.6) is 0 Å². The monoisotopic (exact) mass is 564 g/mol. The molecule has 16 heteroatoms. The van der Waals surface area contributed by atoms with Crippen LogP contribution in [-0.4, -0.2) is 95.4 Å². The molecule has 14 nitrogen and oxygen atoms in total. The Labute approximate surface area is 225 Å². The smallest absolute Gasteiger partial charge is 0.326 e. The maximum atomic E-state index is 13.1. The molecule has 0 spiro atoms. The van der Waals surface area contributed by atoms with Crippen LogP contribution in [0.3, 0.4) is 0 Å². The van der Waals surface area contributed by atoms with Crippen LogP contribution in [0.4, 0.5) is 0 Å². The molecule has 12 N–H and O–H groups in total. The minimum Gasteiger partial charge on any atom is -0.480 e. The molecule has 0 aromatic carbocycles. The number of hydrogen-bond donors (Lipinski definition) is 8. The van der Waals surface area contributed by atoms with Crippen LogP contribution in [-0.2, 0) is 24.0 Å². The average molecular weight is 565 g/mol. The van der Waals surface area contributed by atoms with Gasteiger partial charge in [0.25, 0.3) is 0 Å². The van der Waals surface area contributed by atoms with Crippen molar-refractivity contribution in [2.75, 3.05) is 30.6 Å². The van der Waals surface area contributed by atoms with Gasteiger partial charge in [-0.3, -0.25) is 24.2 Å². The number of carbonyl (C=O) groups excluding carboxylic acids is 4. The molecule has 0 radical (unpaired) electrons. The Morgan fingerprint density at radius 1 is 0.784 bits per heavy atom. The first kappa shape index (κ1) is 34.3. The highest BCUT2D eigenvalue weighted by atomic mass is 32.2. The molecule has 4 amide bonds. The van der Waals surface area contributed by atoms with E-state index >= 15 is 0 Å². The van der Waals surface area contributed by atoms with Crippen LogP contribution in [0.2, 0.25) is 0 Å². The van der Waals surface area contributed by atoms with Gasteiger partial charge < -0.3 is 44.0 Å². The molecule has 0 saturated carbocycles. The number of carboxylic acid groups (broad SMARTS) is 1. The highest BCUT2D eigenvalue weighted by molar-refractivity contribution is 7.98. The predicted molar refractivity (Wildman–Crippen MR) is 146 cm³/mol. The van der Waals surface area contributed by atoms with Gasteiger partial charge in [0, 0.05) is 13.0 Å². The summed E-state index contributed by atoms with van der Waals surface area (Å²) < 4.78 is 0. The van der Waals surface area contributed by atoms with Crippen molar-refractivity contribution in [3.8, 4) is 0 Å². The van der Waals surface area contributed by atoms with Gasteiger partial charge in [-0.25, -0.2) is 4.79 Å². The Kier molecular flexibility index (Phi) is 18.0. The lowest BCUT2D eigenvalue weighted by molar-refractivity contribution is -0.142. The second kappa shape index (κ2) is 19.4. The van der Waals surface area contributed by atoms with E-state index in [1.165, 1.54) is 23.5 Å². The molecule has 0 aromatic rings. The van der Waals surface area contributed by atoms with Crippen LogP contribution in [0.1, 0.15) is 38.5 Å². The number of guanidine groups is 1. The third kappa shape index (κ3) is 15.9. The fraction of sp³-hybridized carbons (Fsp3) is 0.714. The number of carboxylic acids is 1. The first-order valence-electron chi connectivity index (χ1n) is 11.6. The summed E-state index contributed by atoms with van der Waals surface area (Å²) in [4.78, 5) is 65.0. The van der Waals surface area contributed by atoms with Crippen LogP contribution < -0.4 is 38.9 Å². The lowest BCUT2D eigenvalue weighted by Gasteiger charge is -2.25. The number of aliphatic carboxylic acids is 1. The van der Waals surface area contributed by atoms with Crippen molar-refractivity contribution < 1.29 is 29.1 Å². The minimum atomic E-state index is -1.17. The van der Waals surface area contributed by atoms with Crippen molar-refractivity contribution in [2.24, 2.45) is 27.9 Å². The van der Waals surface area contributed by atoms with Gasteiger partial charge in [0.15, 0.2) is 5.96 Å². The third-order valence-electron chi connectivity index (χ3n) is 5.09. The fourth-order valence-corrected chi connectivity index (χ4v) is 3.97. The molecule has 37 heavy (non-hydrogen) atoms. The molecule has 0 aliphatic rings. The van der Waals surface area contributed by atoms with Crippen LogP contribution in [0, 0.1) is 0 Å². The van der Waals surface area contributed by atoms with E-state index in [1.807, 2.05) is 12.5 Å². The van der Waals surface area contributed by atoms with E-state index in [9.17, 15) is 29.1 Å². The average Bonchev–Trinajstić information content (AvgIpc) is 2.83. The number of hydrogen-bond acceptors (Lipinski definition) is 9. The minimum absolute atomic E-state index is 0.00508. The van der Waals surface area contributed by atoms with Crippen LogP contribution in [0.25, 0.3) is 0 Å². The van der Waals surface area contributed by atoms with Crippen molar-refractivity contribution in [3.63, 3.8) is 0 Å². The number of rotatable bonds is 20. The van der Waals surface area contributed by atoms with E-state index in [1.54, 1.807) is 0 Å². The summed E-state index contributed by atoms with van der Waals surface area (Å²) in [6.07, 6.45) is 4.45. The van der Waals surface area contributed by atoms with Gasteiger partial charge >= 0.3 is 5.97 Å². The highest BCUT2D eigenvalue weighted by Crippen LogP contribution is 2.07. The van der Waals surface area contributed by atoms with Crippen molar-refractivity contribution in [3.05, 3.63) is 0 Å². The number of carbonyl (C=O) groups is 5. The molecule has 4 atom stereocenters. The Morgan fingerprint density at radius 2 is 1.27 bits per heavy atom.